The minimum atomic E-state index is -0.580. The number of amides is 3. The van der Waals surface area contributed by atoms with Crippen LogP contribution in [0, 0.1) is 0 Å². The van der Waals surface area contributed by atoms with E-state index in [1.807, 2.05) is 32.9 Å². The molecule has 0 spiro atoms. The van der Waals surface area contributed by atoms with E-state index in [2.05, 4.69) is 15.6 Å². The molecule has 3 amide bonds. The first-order valence-electron chi connectivity index (χ1n) is 10.6. The Hall–Kier alpha value is -3.49. The lowest BCUT2D eigenvalue weighted by Gasteiger charge is -2.41. The fourth-order valence-corrected chi connectivity index (χ4v) is 3.36. The van der Waals surface area contributed by atoms with Gasteiger partial charge in [-0.3, -0.25) is 4.98 Å². The Morgan fingerprint density at radius 1 is 1.12 bits per heavy atom. The Labute approximate surface area is 188 Å². The number of carbonyl (C=O) groups is 2. The zero-order chi connectivity index (χ0) is 23.1. The van der Waals surface area contributed by atoms with Crippen LogP contribution in [0.25, 0.3) is 0 Å². The molecule has 2 N–H and O–H groups in total. The summed E-state index contributed by atoms with van der Waals surface area (Å²) in [5.74, 6) is 0.715. The first-order chi connectivity index (χ1) is 15.2. The average Bonchev–Trinajstić information content (AvgIpc) is 2.77. The molecule has 172 valence electrons. The predicted octanol–water partition coefficient (Wildman–Crippen LogP) is 3.66. The first-order valence-corrected chi connectivity index (χ1v) is 10.6. The molecule has 3 rings (SSSR count). The van der Waals surface area contributed by atoms with Gasteiger partial charge in [0.05, 0.1) is 18.8 Å². The van der Waals surface area contributed by atoms with Crippen LogP contribution in [0.5, 0.6) is 5.75 Å². The second-order valence-electron chi connectivity index (χ2n) is 8.55. The van der Waals surface area contributed by atoms with Crippen molar-refractivity contribution in [2.45, 2.75) is 32.4 Å². The molecule has 0 aliphatic carbocycles. The van der Waals surface area contributed by atoms with E-state index in [0.717, 1.165) is 5.69 Å². The van der Waals surface area contributed by atoms with Crippen LogP contribution < -0.4 is 15.4 Å². The summed E-state index contributed by atoms with van der Waals surface area (Å²) < 4.78 is 10.7. The summed E-state index contributed by atoms with van der Waals surface area (Å²) in [6.07, 6.45) is 3.04. The molecule has 1 unspecified atom stereocenters. The predicted molar refractivity (Wildman–Crippen MR) is 123 cm³/mol. The molecule has 1 aliphatic rings. The highest BCUT2D eigenvalue weighted by Crippen LogP contribution is 2.19. The second-order valence-corrected chi connectivity index (χ2v) is 8.55. The van der Waals surface area contributed by atoms with Crippen LogP contribution in [0.3, 0.4) is 0 Å². The number of aromatic nitrogens is 1. The zero-order valence-corrected chi connectivity index (χ0v) is 19.0. The molecule has 1 aromatic heterocycles. The van der Waals surface area contributed by atoms with Gasteiger partial charge in [0.2, 0.25) is 0 Å². The summed E-state index contributed by atoms with van der Waals surface area (Å²) in [5.41, 5.74) is 0.936. The molecule has 9 heteroatoms. The molecule has 1 atom stereocenters. The van der Waals surface area contributed by atoms with Crippen LogP contribution in [0.1, 0.15) is 20.8 Å². The Morgan fingerprint density at radius 3 is 2.50 bits per heavy atom. The minimum absolute atomic E-state index is 0.225. The van der Waals surface area contributed by atoms with Gasteiger partial charge in [0.25, 0.3) is 0 Å². The number of anilines is 2. The fraction of sp³-hybridized carbons (Fsp3) is 0.435. The normalized spacial score (nSPS) is 16.3. The molecule has 2 heterocycles. The summed E-state index contributed by atoms with van der Waals surface area (Å²) in [6, 6.07) is 10.4. The Balaban J connectivity index is 1.70. The minimum Gasteiger partial charge on any atom is -0.497 e. The van der Waals surface area contributed by atoms with Gasteiger partial charge in [-0.15, -0.1) is 0 Å². The molecule has 0 saturated carbocycles. The number of rotatable bonds is 5. The third-order valence-corrected chi connectivity index (χ3v) is 4.94. The SMILES string of the molecule is COc1ccc(NC(=O)N2CCN(C(=O)OC(C)(C)C)CC2CNc2cccnc2)cc1. The van der Waals surface area contributed by atoms with Crippen molar-refractivity contribution >= 4 is 23.5 Å². The topological polar surface area (TPSA) is 96.0 Å². The lowest BCUT2D eigenvalue weighted by atomic mass is 10.1. The molecule has 2 aromatic rings. The van der Waals surface area contributed by atoms with Crippen molar-refractivity contribution in [2.75, 3.05) is 43.9 Å². The number of urea groups is 1. The number of ether oxygens (including phenoxy) is 2. The molecule has 9 nitrogen and oxygen atoms in total. The van der Waals surface area contributed by atoms with Crippen molar-refractivity contribution in [2.24, 2.45) is 0 Å². The molecule has 1 aromatic carbocycles. The number of piperazine rings is 1. The lowest BCUT2D eigenvalue weighted by Crippen LogP contribution is -2.60. The highest BCUT2D eigenvalue weighted by molar-refractivity contribution is 5.90. The Morgan fingerprint density at radius 2 is 1.88 bits per heavy atom. The van der Waals surface area contributed by atoms with E-state index in [1.165, 1.54) is 0 Å². The molecule has 0 radical (unpaired) electrons. The summed E-state index contributed by atoms with van der Waals surface area (Å²) >= 11 is 0. The monoisotopic (exact) mass is 441 g/mol. The molecule has 1 aliphatic heterocycles. The molecule has 1 saturated heterocycles. The smallest absolute Gasteiger partial charge is 0.410 e. The van der Waals surface area contributed by atoms with Crippen LogP contribution in [0.2, 0.25) is 0 Å². The van der Waals surface area contributed by atoms with Crippen molar-refractivity contribution in [3.05, 3.63) is 48.8 Å². The van der Waals surface area contributed by atoms with Crippen LogP contribution in [0.15, 0.2) is 48.8 Å². The maximum absolute atomic E-state index is 13.1. The first kappa shape index (κ1) is 23.2. The Bertz CT molecular complexity index is 899. The fourth-order valence-electron chi connectivity index (χ4n) is 3.36. The van der Waals surface area contributed by atoms with E-state index >= 15 is 0 Å². The average molecular weight is 442 g/mol. The summed E-state index contributed by atoms with van der Waals surface area (Å²) in [6.45, 7) is 7.12. The standard InChI is InChI=1S/C23H31N5O4/c1-23(2,3)32-22(30)27-12-13-28(19(16-27)15-25-18-6-5-11-24-14-18)21(29)26-17-7-9-20(31-4)10-8-17/h5-11,14,19,25H,12-13,15-16H2,1-4H3,(H,26,29). The van der Waals surface area contributed by atoms with Gasteiger partial charge in [0, 0.05) is 44.3 Å². The van der Waals surface area contributed by atoms with Gasteiger partial charge in [0.1, 0.15) is 11.4 Å². The summed E-state index contributed by atoms with van der Waals surface area (Å²) in [5, 5.41) is 6.24. The van der Waals surface area contributed by atoms with Crippen LogP contribution in [0.4, 0.5) is 21.0 Å². The third-order valence-electron chi connectivity index (χ3n) is 4.94. The van der Waals surface area contributed by atoms with Crippen LogP contribution in [-0.2, 0) is 4.74 Å². The number of hydrogen-bond donors (Lipinski definition) is 2. The van der Waals surface area contributed by atoms with E-state index in [-0.39, 0.29) is 18.2 Å². The van der Waals surface area contributed by atoms with E-state index in [9.17, 15) is 9.59 Å². The van der Waals surface area contributed by atoms with Gasteiger partial charge in [-0.2, -0.15) is 0 Å². The quantitative estimate of drug-likeness (QED) is 0.735. The number of nitrogens with one attached hydrogen (secondary N) is 2. The van der Waals surface area contributed by atoms with Gasteiger partial charge < -0.3 is 29.9 Å². The summed E-state index contributed by atoms with van der Waals surface area (Å²) in [4.78, 5) is 33.2. The van der Waals surface area contributed by atoms with Crippen molar-refractivity contribution in [3.8, 4) is 5.75 Å². The molecule has 32 heavy (non-hydrogen) atoms. The number of pyridine rings is 1. The number of carbonyl (C=O) groups excluding carboxylic acids is 2. The highest BCUT2D eigenvalue weighted by Gasteiger charge is 2.34. The van der Waals surface area contributed by atoms with E-state index in [0.29, 0.717) is 37.6 Å². The zero-order valence-electron chi connectivity index (χ0n) is 19.0. The number of methoxy groups -OCH3 is 1. The maximum atomic E-state index is 13.1. The lowest BCUT2D eigenvalue weighted by molar-refractivity contribution is 0.0108. The number of nitrogens with zero attached hydrogens (tertiary/aromatic N) is 3. The van der Waals surface area contributed by atoms with Crippen LogP contribution in [-0.4, -0.2) is 71.8 Å². The molecule has 0 bridgehead atoms. The van der Waals surface area contributed by atoms with Crippen molar-refractivity contribution in [3.63, 3.8) is 0 Å². The largest absolute Gasteiger partial charge is 0.497 e. The van der Waals surface area contributed by atoms with Gasteiger partial charge in [-0.05, 0) is 57.2 Å². The summed E-state index contributed by atoms with van der Waals surface area (Å²) in [7, 11) is 1.59. The number of benzene rings is 1. The van der Waals surface area contributed by atoms with Crippen molar-refractivity contribution < 1.29 is 19.1 Å². The van der Waals surface area contributed by atoms with Gasteiger partial charge >= 0.3 is 12.1 Å². The number of hydrogen-bond acceptors (Lipinski definition) is 6. The van der Waals surface area contributed by atoms with E-state index < -0.39 is 5.60 Å². The third kappa shape index (κ3) is 6.50. The second kappa shape index (κ2) is 10.2. The maximum Gasteiger partial charge on any atom is 0.410 e. The van der Waals surface area contributed by atoms with E-state index in [1.54, 1.807) is 53.6 Å². The van der Waals surface area contributed by atoms with Crippen molar-refractivity contribution in [1.29, 1.82) is 0 Å². The van der Waals surface area contributed by atoms with E-state index in [4.69, 9.17) is 9.47 Å². The molecular formula is C23H31N5O4. The Kier molecular flexibility index (Phi) is 7.40. The van der Waals surface area contributed by atoms with Gasteiger partial charge in [-0.1, -0.05) is 0 Å². The van der Waals surface area contributed by atoms with Crippen LogP contribution >= 0.6 is 0 Å². The molecular weight excluding hydrogens is 410 g/mol. The van der Waals surface area contributed by atoms with Crippen molar-refractivity contribution in [1.82, 2.24) is 14.8 Å². The van der Waals surface area contributed by atoms with Gasteiger partial charge in [0.15, 0.2) is 0 Å². The molecule has 1 fully saturated rings. The highest BCUT2D eigenvalue weighted by atomic mass is 16.6. The van der Waals surface area contributed by atoms with Gasteiger partial charge in [-0.25, -0.2) is 9.59 Å².